The maximum atomic E-state index is 11.8. The van der Waals surface area contributed by atoms with Crippen LogP contribution in [0.3, 0.4) is 0 Å². The molecule has 1 rings (SSSR count). The van der Waals surface area contributed by atoms with E-state index in [2.05, 4.69) is 5.32 Å². The molecule has 0 spiro atoms. The van der Waals surface area contributed by atoms with Gasteiger partial charge in [-0.3, -0.25) is 10.1 Å². The van der Waals surface area contributed by atoms with E-state index in [0.29, 0.717) is 6.54 Å². The van der Waals surface area contributed by atoms with E-state index in [0.717, 1.165) is 30.6 Å². The SMILES string of the molecule is CNC1CCCCCN(CC(=O)O)[N+]1=O. The molecule has 0 aromatic rings. The Morgan fingerprint density at radius 2 is 2.27 bits per heavy atom. The number of carboxylic acid groups (broad SMARTS) is 1. The summed E-state index contributed by atoms with van der Waals surface area (Å²) < 4.78 is 0. The second kappa shape index (κ2) is 5.65. The molecule has 0 saturated carbocycles. The second-order valence-corrected chi connectivity index (χ2v) is 3.74. The number of carboxylic acids is 1. The predicted molar refractivity (Wildman–Crippen MR) is 54.2 cm³/mol. The molecule has 1 aliphatic rings. The molecule has 0 aromatic heterocycles. The number of rotatable bonds is 3. The summed E-state index contributed by atoms with van der Waals surface area (Å²) in [4.78, 5) is 23.1. The minimum absolute atomic E-state index is 0.221. The lowest BCUT2D eigenvalue weighted by Gasteiger charge is -2.20. The largest absolute Gasteiger partial charge is 0.480 e. The Morgan fingerprint density at radius 1 is 1.53 bits per heavy atom. The van der Waals surface area contributed by atoms with Crippen LogP contribution in [0.4, 0.5) is 0 Å². The molecular weight excluding hydrogens is 198 g/mol. The van der Waals surface area contributed by atoms with E-state index in [4.69, 9.17) is 5.11 Å². The van der Waals surface area contributed by atoms with Gasteiger partial charge in [0.2, 0.25) is 0 Å². The van der Waals surface area contributed by atoms with E-state index in [9.17, 15) is 9.70 Å². The minimum Gasteiger partial charge on any atom is -0.480 e. The minimum atomic E-state index is -0.966. The molecule has 15 heavy (non-hydrogen) atoms. The third-order valence-electron chi connectivity index (χ3n) is 2.59. The molecule has 1 atom stereocenters. The molecular formula is C9H18N3O3+. The molecule has 0 radical (unpaired) electrons. The fourth-order valence-electron chi connectivity index (χ4n) is 1.77. The third kappa shape index (κ3) is 3.47. The van der Waals surface area contributed by atoms with Crippen molar-refractivity contribution >= 4 is 5.97 Å². The van der Waals surface area contributed by atoms with Crippen LogP contribution in [0.5, 0.6) is 0 Å². The highest BCUT2D eigenvalue weighted by Crippen LogP contribution is 2.11. The molecule has 6 nitrogen and oxygen atoms in total. The molecule has 0 aromatic carbocycles. The first-order chi connectivity index (χ1) is 7.15. The lowest BCUT2D eigenvalue weighted by Crippen LogP contribution is -2.49. The summed E-state index contributed by atoms with van der Waals surface area (Å²) in [7, 11) is 1.72. The number of hydrazine groups is 1. The standard InChI is InChI=1S/C9H17N3O3/c1-10-8-5-3-2-4-6-11(12(8)15)7-9(13)14/h8,10H,2-7H2,1H3/p+1. The maximum Gasteiger partial charge on any atom is 0.329 e. The van der Waals surface area contributed by atoms with Crippen molar-refractivity contribution in [2.45, 2.75) is 31.8 Å². The number of nitrogens with zero attached hydrogens (tertiary/aromatic N) is 2. The van der Waals surface area contributed by atoms with Gasteiger partial charge in [-0.2, -0.15) is 0 Å². The van der Waals surface area contributed by atoms with Crippen LogP contribution in [-0.4, -0.2) is 47.3 Å². The van der Waals surface area contributed by atoms with Gasteiger partial charge in [-0.05, 0) is 19.9 Å². The quantitative estimate of drug-likeness (QED) is 0.659. The Labute approximate surface area is 88.8 Å². The highest BCUT2D eigenvalue weighted by molar-refractivity contribution is 5.68. The zero-order valence-corrected chi connectivity index (χ0v) is 8.98. The number of nitrogens with one attached hydrogen (secondary N) is 1. The Morgan fingerprint density at radius 3 is 2.87 bits per heavy atom. The number of hydrogen-bond donors (Lipinski definition) is 2. The molecule has 1 fully saturated rings. The Bertz CT molecular complexity index is 245. The van der Waals surface area contributed by atoms with Crippen LogP contribution < -0.4 is 5.32 Å². The molecule has 1 aliphatic heterocycles. The van der Waals surface area contributed by atoms with Crippen LogP contribution >= 0.6 is 0 Å². The third-order valence-corrected chi connectivity index (χ3v) is 2.59. The van der Waals surface area contributed by atoms with E-state index in [1.165, 1.54) is 5.01 Å². The average molecular weight is 216 g/mol. The average Bonchev–Trinajstić information content (AvgIpc) is 2.18. The summed E-state index contributed by atoms with van der Waals surface area (Å²) in [5, 5.41) is 12.9. The molecule has 0 aliphatic carbocycles. The van der Waals surface area contributed by atoms with E-state index in [1.807, 2.05) is 0 Å². The summed E-state index contributed by atoms with van der Waals surface area (Å²) in [6.45, 7) is 0.301. The summed E-state index contributed by atoms with van der Waals surface area (Å²) in [6, 6.07) is 0. The molecule has 1 saturated heterocycles. The lowest BCUT2D eigenvalue weighted by atomic mass is 10.1. The molecule has 0 amide bonds. The van der Waals surface area contributed by atoms with Gasteiger partial charge in [-0.1, -0.05) is 6.42 Å². The van der Waals surface area contributed by atoms with Crippen LogP contribution in [0.25, 0.3) is 0 Å². The molecule has 1 unspecified atom stereocenters. The predicted octanol–water partition coefficient (Wildman–Crippen LogP) is 0.186. The monoisotopic (exact) mass is 216 g/mol. The molecule has 0 bridgehead atoms. The number of aliphatic carboxylic acids is 1. The molecule has 1 heterocycles. The maximum absolute atomic E-state index is 11.8. The second-order valence-electron chi connectivity index (χ2n) is 3.74. The Kier molecular flexibility index (Phi) is 4.48. The van der Waals surface area contributed by atoms with Crippen molar-refractivity contribution in [2.75, 3.05) is 20.1 Å². The lowest BCUT2D eigenvalue weighted by molar-refractivity contribution is -0.738. The van der Waals surface area contributed by atoms with Gasteiger partial charge in [0.05, 0.1) is 11.5 Å². The fourth-order valence-corrected chi connectivity index (χ4v) is 1.77. The summed E-state index contributed by atoms with van der Waals surface area (Å²) in [5.41, 5.74) is 0. The molecule has 86 valence electrons. The van der Waals surface area contributed by atoms with Gasteiger partial charge in [0.25, 0.3) is 6.17 Å². The smallest absolute Gasteiger partial charge is 0.329 e. The normalized spacial score (nSPS) is 23.4. The van der Waals surface area contributed by atoms with Crippen molar-refractivity contribution < 1.29 is 14.8 Å². The topological polar surface area (TPSA) is 72.7 Å². The zero-order chi connectivity index (χ0) is 11.3. The van der Waals surface area contributed by atoms with Gasteiger partial charge in [0, 0.05) is 6.42 Å². The van der Waals surface area contributed by atoms with E-state index in [-0.39, 0.29) is 12.7 Å². The first-order valence-corrected chi connectivity index (χ1v) is 5.25. The summed E-state index contributed by atoms with van der Waals surface area (Å²) in [6.07, 6.45) is 3.39. The summed E-state index contributed by atoms with van der Waals surface area (Å²) in [5.74, 6) is -0.966. The number of hydrogen-bond acceptors (Lipinski definition) is 3. The molecule has 2 N–H and O–H groups in total. The van der Waals surface area contributed by atoms with Crippen LogP contribution in [0, 0.1) is 4.91 Å². The van der Waals surface area contributed by atoms with Crippen molar-refractivity contribution in [3.05, 3.63) is 4.91 Å². The van der Waals surface area contributed by atoms with Gasteiger partial charge < -0.3 is 5.11 Å². The van der Waals surface area contributed by atoms with Crippen molar-refractivity contribution in [3.8, 4) is 0 Å². The highest BCUT2D eigenvalue weighted by atomic mass is 16.4. The van der Waals surface area contributed by atoms with E-state index < -0.39 is 5.97 Å². The van der Waals surface area contributed by atoms with Crippen LogP contribution in [0.2, 0.25) is 0 Å². The van der Waals surface area contributed by atoms with E-state index in [1.54, 1.807) is 7.05 Å². The van der Waals surface area contributed by atoms with Gasteiger partial charge in [-0.15, -0.1) is 5.01 Å². The Hall–Kier alpha value is -1.17. The fraction of sp³-hybridized carbons (Fsp3) is 0.889. The molecule has 6 heteroatoms. The first-order valence-electron chi connectivity index (χ1n) is 5.25. The zero-order valence-electron chi connectivity index (χ0n) is 8.98. The summed E-state index contributed by atoms with van der Waals surface area (Å²) >= 11 is 0. The van der Waals surface area contributed by atoms with Crippen LogP contribution in [0.15, 0.2) is 0 Å². The van der Waals surface area contributed by atoms with Gasteiger partial charge in [0.15, 0.2) is 6.54 Å². The van der Waals surface area contributed by atoms with Crippen LogP contribution in [0.1, 0.15) is 25.7 Å². The van der Waals surface area contributed by atoms with Gasteiger partial charge in [-0.25, -0.2) is 0 Å². The van der Waals surface area contributed by atoms with Gasteiger partial charge >= 0.3 is 5.97 Å². The first kappa shape index (κ1) is 11.9. The van der Waals surface area contributed by atoms with E-state index >= 15 is 0 Å². The van der Waals surface area contributed by atoms with Crippen molar-refractivity contribution in [3.63, 3.8) is 0 Å². The Balaban J connectivity index is 2.64. The van der Waals surface area contributed by atoms with Crippen molar-refractivity contribution in [1.82, 2.24) is 10.3 Å². The highest BCUT2D eigenvalue weighted by Gasteiger charge is 2.32. The number of nitroso groups, excluding NO2 is 1. The van der Waals surface area contributed by atoms with Crippen LogP contribution in [-0.2, 0) is 4.79 Å². The van der Waals surface area contributed by atoms with Crippen molar-refractivity contribution in [2.24, 2.45) is 0 Å². The van der Waals surface area contributed by atoms with Crippen molar-refractivity contribution in [1.29, 1.82) is 0 Å². The van der Waals surface area contributed by atoms with Gasteiger partial charge in [0.1, 0.15) is 4.87 Å². The number of carbonyl (C=O) groups is 1.